The fourth-order valence-corrected chi connectivity index (χ4v) is 4.65. The third kappa shape index (κ3) is 3.03. The van der Waals surface area contributed by atoms with Crippen LogP contribution in [0.3, 0.4) is 0 Å². The van der Waals surface area contributed by atoms with E-state index in [1.165, 1.54) is 4.31 Å². The van der Waals surface area contributed by atoms with Gasteiger partial charge in [-0.1, -0.05) is 29.3 Å². The van der Waals surface area contributed by atoms with E-state index in [4.69, 9.17) is 10.9 Å². The molecule has 2 rings (SSSR count). The second-order valence-electron chi connectivity index (χ2n) is 5.42. The Labute approximate surface area is 125 Å². The van der Waals surface area contributed by atoms with Gasteiger partial charge in [0.15, 0.2) is 5.84 Å². The van der Waals surface area contributed by atoms with Crippen LogP contribution in [0.5, 0.6) is 0 Å². The first-order valence-electron chi connectivity index (χ1n) is 6.94. The number of rotatable bonds is 3. The van der Waals surface area contributed by atoms with E-state index in [0.717, 1.165) is 18.4 Å². The van der Waals surface area contributed by atoms with Crippen LogP contribution >= 0.6 is 0 Å². The first-order chi connectivity index (χ1) is 9.87. The minimum Gasteiger partial charge on any atom is -0.409 e. The molecule has 0 aliphatic carbocycles. The molecule has 6 nitrogen and oxygen atoms in total. The van der Waals surface area contributed by atoms with E-state index in [-0.39, 0.29) is 10.7 Å². The molecule has 7 heteroatoms. The molecule has 0 amide bonds. The highest BCUT2D eigenvalue weighted by Crippen LogP contribution is 2.27. The lowest BCUT2D eigenvalue weighted by Crippen LogP contribution is -2.50. The number of sulfonamides is 1. The normalized spacial score (nSPS) is 21.4. The molecule has 1 aromatic rings. The molecule has 3 N–H and O–H groups in total. The number of nitrogens with two attached hydrogens (primary N) is 1. The van der Waals surface area contributed by atoms with E-state index in [1.54, 1.807) is 19.1 Å². The van der Waals surface area contributed by atoms with Crippen molar-refractivity contribution in [3.05, 3.63) is 29.3 Å². The predicted octanol–water partition coefficient (Wildman–Crippen LogP) is 1.59. The Hall–Kier alpha value is -1.60. The average Bonchev–Trinajstić information content (AvgIpc) is 2.46. The number of hydrogen-bond acceptors (Lipinski definition) is 4. The maximum absolute atomic E-state index is 12.9. The van der Waals surface area contributed by atoms with Crippen molar-refractivity contribution >= 4 is 15.9 Å². The molecule has 1 unspecified atom stereocenters. The lowest BCUT2D eigenvalue weighted by atomic mass is 10.0. The Morgan fingerprint density at radius 3 is 2.71 bits per heavy atom. The molecule has 0 aromatic heterocycles. The topological polar surface area (TPSA) is 96.0 Å². The summed E-state index contributed by atoms with van der Waals surface area (Å²) in [6.45, 7) is 4.09. The molecular formula is C14H21N3O3S. The maximum Gasteiger partial charge on any atom is 0.244 e. The Bertz CT molecular complexity index is 655. The first kappa shape index (κ1) is 15.8. The summed E-state index contributed by atoms with van der Waals surface area (Å²) in [6, 6.07) is 4.67. The van der Waals surface area contributed by atoms with Crippen molar-refractivity contribution in [3.63, 3.8) is 0 Å². The first-order valence-corrected chi connectivity index (χ1v) is 8.38. The van der Waals surface area contributed by atoms with Gasteiger partial charge in [-0.15, -0.1) is 0 Å². The fraction of sp³-hybridized carbons (Fsp3) is 0.500. The fourth-order valence-electron chi connectivity index (χ4n) is 2.77. The van der Waals surface area contributed by atoms with E-state index in [1.807, 2.05) is 13.0 Å². The number of hydrogen-bond donors (Lipinski definition) is 2. The smallest absolute Gasteiger partial charge is 0.244 e. The van der Waals surface area contributed by atoms with Gasteiger partial charge in [0.2, 0.25) is 10.0 Å². The Morgan fingerprint density at radius 1 is 1.38 bits per heavy atom. The van der Waals surface area contributed by atoms with E-state index < -0.39 is 16.1 Å². The van der Waals surface area contributed by atoms with Crippen LogP contribution in [-0.2, 0) is 10.0 Å². The summed E-state index contributed by atoms with van der Waals surface area (Å²) in [4.78, 5) is 0.283. The molecule has 1 aliphatic heterocycles. The minimum absolute atomic E-state index is 0.0527. The molecule has 1 atom stereocenters. The molecular weight excluding hydrogens is 290 g/mol. The predicted molar refractivity (Wildman–Crippen MR) is 80.9 cm³/mol. The maximum atomic E-state index is 12.9. The number of oxime groups is 1. The third-order valence-corrected chi connectivity index (χ3v) is 5.90. The summed E-state index contributed by atoms with van der Waals surface area (Å²) in [6.07, 6.45) is 2.21. The van der Waals surface area contributed by atoms with Crippen LogP contribution in [0.1, 0.15) is 30.4 Å². The van der Waals surface area contributed by atoms with Crippen molar-refractivity contribution < 1.29 is 13.6 Å². The van der Waals surface area contributed by atoms with Crippen LogP contribution in [0, 0.1) is 13.8 Å². The molecule has 1 aliphatic rings. The van der Waals surface area contributed by atoms with Crippen LogP contribution in [-0.4, -0.2) is 36.4 Å². The van der Waals surface area contributed by atoms with Crippen LogP contribution in [0.2, 0.25) is 0 Å². The summed E-state index contributed by atoms with van der Waals surface area (Å²) in [5.41, 5.74) is 7.39. The van der Waals surface area contributed by atoms with Gasteiger partial charge in [-0.2, -0.15) is 4.31 Å². The van der Waals surface area contributed by atoms with Gasteiger partial charge in [0.05, 0.1) is 10.9 Å². The van der Waals surface area contributed by atoms with E-state index in [0.29, 0.717) is 18.5 Å². The van der Waals surface area contributed by atoms with Crippen LogP contribution in [0.4, 0.5) is 0 Å². The summed E-state index contributed by atoms with van der Waals surface area (Å²) >= 11 is 0. The number of aryl methyl sites for hydroxylation is 2. The van der Waals surface area contributed by atoms with E-state index >= 15 is 0 Å². The lowest BCUT2D eigenvalue weighted by Gasteiger charge is -2.34. The van der Waals surface area contributed by atoms with Crippen molar-refractivity contribution in [3.8, 4) is 0 Å². The van der Waals surface area contributed by atoms with Crippen LogP contribution in [0.25, 0.3) is 0 Å². The quantitative estimate of drug-likeness (QED) is 0.383. The Balaban J connectivity index is 2.45. The monoisotopic (exact) mass is 311 g/mol. The molecule has 116 valence electrons. The van der Waals surface area contributed by atoms with Crippen molar-refractivity contribution in [2.75, 3.05) is 6.54 Å². The average molecular weight is 311 g/mol. The molecule has 21 heavy (non-hydrogen) atoms. The number of amidine groups is 1. The second kappa shape index (κ2) is 6.03. The van der Waals surface area contributed by atoms with Gasteiger partial charge < -0.3 is 10.9 Å². The summed E-state index contributed by atoms with van der Waals surface area (Å²) < 4.78 is 27.1. The molecule has 1 saturated heterocycles. The van der Waals surface area contributed by atoms with Crippen molar-refractivity contribution in [2.45, 2.75) is 44.0 Å². The molecule has 1 heterocycles. The highest BCUT2D eigenvalue weighted by atomic mass is 32.2. The number of piperidine rings is 1. The highest BCUT2D eigenvalue weighted by Gasteiger charge is 2.36. The van der Waals surface area contributed by atoms with Gasteiger partial charge >= 0.3 is 0 Å². The minimum atomic E-state index is -3.65. The van der Waals surface area contributed by atoms with Crippen molar-refractivity contribution in [1.82, 2.24) is 4.31 Å². The van der Waals surface area contributed by atoms with Gasteiger partial charge in [-0.25, -0.2) is 8.42 Å². The second-order valence-corrected chi connectivity index (χ2v) is 7.28. The van der Waals surface area contributed by atoms with Gasteiger partial charge in [0.25, 0.3) is 0 Å². The van der Waals surface area contributed by atoms with Crippen LogP contribution < -0.4 is 5.73 Å². The van der Waals surface area contributed by atoms with E-state index in [9.17, 15) is 8.42 Å². The standard InChI is InChI=1S/C14H21N3O3S/c1-10-6-7-13(11(2)9-10)21(19,20)17-8-4-3-5-12(17)14(15)16-18/h6-7,9,12,18H,3-5,8H2,1-2H3,(H2,15,16). The molecule has 0 saturated carbocycles. The molecule has 1 aromatic carbocycles. The van der Waals surface area contributed by atoms with Gasteiger partial charge in [-0.05, 0) is 38.3 Å². The zero-order chi connectivity index (χ0) is 15.6. The molecule has 1 fully saturated rings. The SMILES string of the molecule is Cc1ccc(S(=O)(=O)N2CCCCC2C(N)=NO)c(C)c1. The van der Waals surface area contributed by atoms with Gasteiger partial charge in [0, 0.05) is 6.54 Å². The Morgan fingerprint density at radius 2 is 2.10 bits per heavy atom. The highest BCUT2D eigenvalue weighted by molar-refractivity contribution is 7.89. The number of nitrogens with zero attached hydrogens (tertiary/aromatic N) is 2. The summed E-state index contributed by atoms with van der Waals surface area (Å²) in [7, 11) is -3.65. The zero-order valence-corrected chi connectivity index (χ0v) is 13.1. The zero-order valence-electron chi connectivity index (χ0n) is 12.3. The van der Waals surface area contributed by atoms with Crippen molar-refractivity contribution in [1.29, 1.82) is 0 Å². The van der Waals surface area contributed by atoms with Gasteiger partial charge in [0.1, 0.15) is 0 Å². The van der Waals surface area contributed by atoms with Crippen LogP contribution in [0.15, 0.2) is 28.3 Å². The molecule has 0 radical (unpaired) electrons. The summed E-state index contributed by atoms with van der Waals surface area (Å²) in [5.74, 6) is -0.0527. The molecule has 0 bridgehead atoms. The third-order valence-electron chi connectivity index (χ3n) is 3.83. The molecule has 0 spiro atoms. The summed E-state index contributed by atoms with van der Waals surface area (Å²) in [5, 5.41) is 11.9. The number of benzene rings is 1. The Kier molecular flexibility index (Phi) is 4.53. The van der Waals surface area contributed by atoms with Crippen molar-refractivity contribution in [2.24, 2.45) is 10.9 Å². The lowest BCUT2D eigenvalue weighted by molar-refractivity contribution is 0.281. The van der Waals surface area contributed by atoms with E-state index in [2.05, 4.69) is 5.16 Å². The van der Waals surface area contributed by atoms with Gasteiger partial charge in [-0.3, -0.25) is 0 Å². The largest absolute Gasteiger partial charge is 0.409 e.